The van der Waals surface area contributed by atoms with Crippen molar-refractivity contribution in [1.29, 1.82) is 0 Å². The molecule has 2 saturated heterocycles. The lowest BCUT2D eigenvalue weighted by Gasteiger charge is -2.34. The quantitative estimate of drug-likeness (QED) is 0.922. The number of benzene rings is 1. The van der Waals surface area contributed by atoms with Crippen LogP contribution in [-0.4, -0.2) is 42.4 Å². The number of nitrogens with zero attached hydrogens (tertiary/aromatic N) is 2. The Bertz CT molecular complexity index is 647. The average molecular weight is 333 g/mol. The number of piperidine rings is 1. The van der Waals surface area contributed by atoms with Crippen LogP contribution in [0.15, 0.2) is 18.2 Å². The molecule has 2 amide bonds. The van der Waals surface area contributed by atoms with Gasteiger partial charge in [0.1, 0.15) is 5.82 Å². The van der Waals surface area contributed by atoms with Crippen molar-refractivity contribution >= 4 is 17.5 Å². The highest BCUT2D eigenvalue weighted by molar-refractivity contribution is 5.99. The fourth-order valence-electron chi connectivity index (χ4n) is 3.56. The van der Waals surface area contributed by atoms with Crippen LogP contribution in [0.2, 0.25) is 0 Å². The molecule has 130 valence electrons. The monoisotopic (exact) mass is 333 g/mol. The van der Waals surface area contributed by atoms with Gasteiger partial charge in [0.25, 0.3) is 5.91 Å². The molecule has 24 heavy (non-hydrogen) atoms. The van der Waals surface area contributed by atoms with E-state index in [1.807, 2.05) is 6.92 Å². The van der Waals surface area contributed by atoms with Crippen LogP contribution in [0.5, 0.6) is 0 Å². The van der Waals surface area contributed by atoms with Gasteiger partial charge in [0.2, 0.25) is 5.91 Å². The van der Waals surface area contributed by atoms with Gasteiger partial charge in [-0.1, -0.05) is 0 Å². The maximum atomic E-state index is 14.2. The van der Waals surface area contributed by atoms with Crippen LogP contribution < -0.4 is 10.6 Å². The molecule has 0 radical (unpaired) electrons. The van der Waals surface area contributed by atoms with E-state index in [0.717, 1.165) is 19.3 Å². The van der Waals surface area contributed by atoms with E-state index >= 15 is 0 Å². The lowest BCUT2D eigenvalue weighted by Crippen LogP contribution is -2.45. The molecular weight excluding hydrogens is 309 g/mol. The van der Waals surface area contributed by atoms with Gasteiger partial charge in [-0.05, 0) is 50.3 Å². The highest BCUT2D eigenvalue weighted by atomic mass is 19.1. The van der Waals surface area contributed by atoms with Crippen molar-refractivity contribution in [1.82, 2.24) is 4.90 Å². The first-order valence-corrected chi connectivity index (χ1v) is 8.62. The van der Waals surface area contributed by atoms with Crippen molar-refractivity contribution in [3.8, 4) is 0 Å². The molecule has 2 heterocycles. The van der Waals surface area contributed by atoms with Crippen LogP contribution in [0.3, 0.4) is 0 Å². The molecule has 2 N–H and O–H groups in total. The summed E-state index contributed by atoms with van der Waals surface area (Å²) in [6.45, 7) is 3.74. The zero-order chi connectivity index (χ0) is 17.3. The Morgan fingerprint density at radius 2 is 2.12 bits per heavy atom. The molecule has 2 fully saturated rings. The van der Waals surface area contributed by atoms with Gasteiger partial charge < -0.3 is 15.5 Å². The minimum atomic E-state index is -0.543. The van der Waals surface area contributed by atoms with E-state index < -0.39 is 5.82 Å². The number of carbonyl (C=O) groups is 2. The summed E-state index contributed by atoms with van der Waals surface area (Å²) in [6, 6.07) is 4.37. The molecule has 2 aliphatic rings. The normalized spacial score (nSPS) is 22.8. The van der Waals surface area contributed by atoms with Gasteiger partial charge in [-0.25, -0.2) is 4.39 Å². The summed E-state index contributed by atoms with van der Waals surface area (Å²) in [7, 11) is 0. The van der Waals surface area contributed by atoms with Crippen LogP contribution in [0.25, 0.3) is 0 Å². The Hall–Kier alpha value is -1.95. The number of rotatable bonds is 3. The average Bonchev–Trinajstić information content (AvgIpc) is 3.01. The molecule has 5 nitrogen and oxygen atoms in total. The molecule has 0 bridgehead atoms. The SMILES string of the molecule is C[C@@H](N)[C@H]1CCCN(C(=O)c2cc(N3CCCC3=O)ccc2F)C1. The Kier molecular flexibility index (Phi) is 4.85. The van der Waals surface area contributed by atoms with E-state index in [1.165, 1.54) is 12.1 Å². The van der Waals surface area contributed by atoms with Gasteiger partial charge in [-0.15, -0.1) is 0 Å². The van der Waals surface area contributed by atoms with Crippen LogP contribution in [-0.2, 0) is 4.79 Å². The number of likely N-dealkylation sites (tertiary alicyclic amines) is 1. The minimum Gasteiger partial charge on any atom is -0.338 e. The van der Waals surface area contributed by atoms with Gasteiger partial charge in [0.05, 0.1) is 5.56 Å². The summed E-state index contributed by atoms with van der Waals surface area (Å²) in [4.78, 5) is 28.0. The highest BCUT2D eigenvalue weighted by Gasteiger charge is 2.29. The summed E-state index contributed by atoms with van der Waals surface area (Å²) in [5.74, 6) is -0.589. The molecule has 0 aromatic heterocycles. The number of anilines is 1. The maximum absolute atomic E-state index is 14.2. The van der Waals surface area contributed by atoms with Crippen LogP contribution >= 0.6 is 0 Å². The molecule has 0 saturated carbocycles. The van der Waals surface area contributed by atoms with Gasteiger partial charge >= 0.3 is 0 Å². The van der Waals surface area contributed by atoms with E-state index in [9.17, 15) is 14.0 Å². The second-order valence-corrected chi connectivity index (χ2v) is 6.83. The fraction of sp³-hybridized carbons (Fsp3) is 0.556. The van der Waals surface area contributed by atoms with Crippen molar-refractivity contribution < 1.29 is 14.0 Å². The molecule has 0 unspecified atom stereocenters. The zero-order valence-corrected chi connectivity index (χ0v) is 14.0. The molecule has 6 heteroatoms. The number of nitrogens with two attached hydrogens (primary N) is 1. The third kappa shape index (κ3) is 3.29. The Labute approximate surface area is 141 Å². The highest BCUT2D eigenvalue weighted by Crippen LogP contribution is 2.26. The minimum absolute atomic E-state index is 0.0130. The first-order chi connectivity index (χ1) is 11.5. The summed E-state index contributed by atoms with van der Waals surface area (Å²) in [5.41, 5.74) is 6.60. The van der Waals surface area contributed by atoms with E-state index in [4.69, 9.17) is 5.73 Å². The lowest BCUT2D eigenvalue weighted by atomic mass is 9.92. The molecule has 3 rings (SSSR count). The second-order valence-electron chi connectivity index (χ2n) is 6.83. The number of hydrogen-bond acceptors (Lipinski definition) is 3. The van der Waals surface area contributed by atoms with Crippen molar-refractivity contribution in [3.63, 3.8) is 0 Å². The second kappa shape index (κ2) is 6.89. The summed E-state index contributed by atoms with van der Waals surface area (Å²) < 4.78 is 14.2. The molecule has 1 aromatic rings. The third-order valence-electron chi connectivity index (χ3n) is 5.05. The van der Waals surface area contributed by atoms with Gasteiger partial charge in [0.15, 0.2) is 0 Å². The van der Waals surface area contributed by atoms with E-state index in [-0.39, 0.29) is 29.3 Å². The van der Waals surface area contributed by atoms with Crippen LogP contribution in [0.4, 0.5) is 10.1 Å². The van der Waals surface area contributed by atoms with Crippen LogP contribution in [0, 0.1) is 11.7 Å². The lowest BCUT2D eigenvalue weighted by molar-refractivity contribution is -0.117. The van der Waals surface area contributed by atoms with E-state index in [2.05, 4.69) is 0 Å². The standard InChI is InChI=1S/C18H24FN3O2/c1-12(20)13-4-2-8-21(11-13)18(24)15-10-14(6-7-16(15)19)22-9-3-5-17(22)23/h6-7,10,12-13H,2-5,8-9,11,20H2,1H3/t12-,13+/m1/s1. The van der Waals surface area contributed by atoms with Crippen molar-refractivity contribution in [2.45, 2.75) is 38.6 Å². The van der Waals surface area contributed by atoms with E-state index in [0.29, 0.717) is 31.7 Å². The largest absolute Gasteiger partial charge is 0.338 e. The predicted molar refractivity (Wildman–Crippen MR) is 90.3 cm³/mol. The van der Waals surface area contributed by atoms with Gasteiger partial charge in [-0.2, -0.15) is 0 Å². The molecule has 0 aliphatic carbocycles. The zero-order valence-electron chi connectivity index (χ0n) is 14.0. The fourth-order valence-corrected chi connectivity index (χ4v) is 3.56. The molecule has 1 aromatic carbocycles. The molecule has 2 aliphatic heterocycles. The van der Waals surface area contributed by atoms with Crippen molar-refractivity contribution in [2.24, 2.45) is 11.7 Å². The van der Waals surface area contributed by atoms with Gasteiger partial charge in [-0.3, -0.25) is 9.59 Å². The maximum Gasteiger partial charge on any atom is 0.256 e. The number of hydrogen-bond donors (Lipinski definition) is 1. The number of amides is 2. The Morgan fingerprint density at radius 1 is 1.33 bits per heavy atom. The first kappa shape index (κ1) is 16.9. The number of halogens is 1. The molecular formula is C18H24FN3O2. The summed E-state index contributed by atoms with van der Waals surface area (Å²) >= 11 is 0. The predicted octanol–water partition coefficient (Wildman–Crippen LogP) is 2.15. The topological polar surface area (TPSA) is 66.6 Å². The van der Waals surface area contributed by atoms with Crippen molar-refractivity contribution in [3.05, 3.63) is 29.6 Å². The Balaban J connectivity index is 1.82. The summed E-state index contributed by atoms with van der Waals surface area (Å²) in [5, 5.41) is 0. The van der Waals surface area contributed by atoms with Crippen molar-refractivity contribution in [2.75, 3.05) is 24.5 Å². The molecule has 0 spiro atoms. The Morgan fingerprint density at radius 3 is 2.79 bits per heavy atom. The number of carbonyl (C=O) groups excluding carboxylic acids is 2. The van der Waals surface area contributed by atoms with Gasteiger partial charge in [0, 0.05) is 37.8 Å². The summed E-state index contributed by atoms with van der Waals surface area (Å²) in [6.07, 6.45) is 3.17. The van der Waals surface area contributed by atoms with E-state index in [1.54, 1.807) is 15.9 Å². The first-order valence-electron chi connectivity index (χ1n) is 8.62. The molecule has 2 atom stereocenters. The smallest absolute Gasteiger partial charge is 0.256 e. The van der Waals surface area contributed by atoms with Crippen LogP contribution in [0.1, 0.15) is 43.0 Å². The third-order valence-corrected chi connectivity index (χ3v) is 5.05.